The quantitative estimate of drug-likeness (QED) is 0.567. The molecule has 0 aliphatic heterocycles. The predicted molar refractivity (Wildman–Crippen MR) is 39.0 cm³/mol. The van der Waals surface area contributed by atoms with Gasteiger partial charge in [-0.1, -0.05) is 0 Å². The highest BCUT2D eigenvalue weighted by atomic mass is 14.6. The molecule has 2 nitrogen and oxygen atoms in total. The molecule has 2 heteroatoms. The molecule has 0 saturated heterocycles. The van der Waals surface area contributed by atoms with E-state index < -0.39 is 0 Å². The van der Waals surface area contributed by atoms with Gasteiger partial charge < -0.3 is 11.5 Å². The number of nitrogens with two attached hydrogens (primary N) is 2. The van der Waals surface area contributed by atoms with E-state index in [0.29, 0.717) is 6.04 Å². The van der Waals surface area contributed by atoms with Crippen molar-refractivity contribution in [2.45, 2.75) is 31.7 Å². The average molecular weight is 128 g/mol. The van der Waals surface area contributed by atoms with Crippen LogP contribution in [-0.2, 0) is 0 Å². The van der Waals surface area contributed by atoms with Crippen molar-refractivity contribution in [3.05, 3.63) is 0 Å². The smallest absolute Gasteiger partial charge is 0.00415 e. The third kappa shape index (κ3) is 1.95. The Balaban J connectivity index is 2.14. The number of rotatable bonds is 2. The Bertz CT molecular complexity index is 81.0. The van der Waals surface area contributed by atoms with E-state index in [0.717, 1.165) is 12.5 Å². The fourth-order valence-corrected chi connectivity index (χ4v) is 1.61. The summed E-state index contributed by atoms with van der Waals surface area (Å²) >= 11 is 0. The first-order valence-corrected chi connectivity index (χ1v) is 3.78. The summed E-state index contributed by atoms with van der Waals surface area (Å²) in [6.07, 6.45) is 4.90. The van der Waals surface area contributed by atoms with Crippen LogP contribution in [0.3, 0.4) is 0 Å². The molecule has 0 bridgehead atoms. The monoisotopic (exact) mass is 128 g/mol. The molecule has 0 aromatic rings. The van der Waals surface area contributed by atoms with Gasteiger partial charge in [0.2, 0.25) is 0 Å². The second kappa shape index (κ2) is 3.18. The van der Waals surface area contributed by atoms with Gasteiger partial charge in [0.1, 0.15) is 0 Å². The molecule has 0 heterocycles. The normalized spacial score (nSPS) is 35.3. The molecule has 1 aliphatic carbocycles. The Morgan fingerprint density at radius 3 is 2.56 bits per heavy atom. The third-order valence-corrected chi connectivity index (χ3v) is 2.16. The third-order valence-electron chi connectivity index (χ3n) is 2.16. The van der Waals surface area contributed by atoms with Crippen molar-refractivity contribution in [3.8, 4) is 0 Å². The minimum absolute atomic E-state index is 0.474. The van der Waals surface area contributed by atoms with Crippen molar-refractivity contribution in [3.63, 3.8) is 0 Å². The molecular weight excluding hydrogens is 112 g/mol. The van der Waals surface area contributed by atoms with Crippen molar-refractivity contribution < 1.29 is 0 Å². The van der Waals surface area contributed by atoms with E-state index in [-0.39, 0.29) is 0 Å². The summed E-state index contributed by atoms with van der Waals surface area (Å²) in [5.74, 6) is 0.838. The van der Waals surface area contributed by atoms with Gasteiger partial charge in [-0.05, 0) is 38.1 Å². The van der Waals surface area contributed by atoms with Gasteiger partial charge in [0.15, 0.2) is 0 Å². The van der Waals surface area contributed by atoms with Gasteiger partial charge in [0.25, 0.3) is 0 Å². The molecule has 1 fully saturated rings. The summed E-state index contributed by atoms with van der Waals surface area (Å²) in [4.78, 5) is 0. The SMILES string of the molecule is NCCC1CCC(N)C1. The van der Waals surface area contributed by atoms with Crippen LogP contribution in [0.25, 0.3) is 0 Å². The lowest BCUT2D eigenvalue weighted by Crippen LogP contribution is -2.15. The molecule has 0 radical (unpaired) electrons. The van der Waals surface area contributed by atoms with Crippen molar-refractivity contribution in [1.82, 2.24) is 0 Å². The maximum Gasteiger partial charge on any atom is 0.00415 e. The zero-order valence-electron chi connectivity index (χ0n) is 5.84. The van der Waals surface area contributed by atoms with Gasteiger partial charge in [-0.2, -0.15) is 0 Å². The van der Waals surface area contributed by atoms with Gasteiger partial charge in [-0.3, -0.25) is 0 Å². The number of hydrogen-bond donors (Lipinski definition) is 2. The molecule has 1 aliphatic rings. The standard InChI is InChI=1S/C7H16N2/c8-4-3-6-1-2-7(9)5-6/h6-7H,1-5,8-9H2. The molecule has 0 amide bonds. The van der Waals surface area contributed by atoms with E-state index in [1.165, 1.54) is 25.7 Å². The maximum atomic E-state index is 5.71. The molecule has 1 saturated carbocycles. The molecule has 9 heavy (non-hydrogen) atoms. The molecular formula is C7H16N2. The van der Waals surface area contributed by atoms with Crippen LogP contribution in [-0.4, -0.2) is 12.6 Å². The predicted octanol–water partition coefficient (Wildman–Crippen LogP) is 0.463. The van der Waals surface area contributed by atoms with Crippen LogP contribution in [0.15, 0.2) is 0 Å². The van der Waals surface area contributed by atoms with E-state index in [1.807, 2.05) is 0 Å². The summed E-state index contributed by atoms with van der Waals surface area (Å²) in [7, 11) is 0. The van der Waals surface area contributed by atoms with Crippen molar-refractivity contribution in [1.29, 1.82) is 0 Å². The Kier molecular flexibility index (Phi) is 2.49. The van der Waals surface area contributed by atoms with Crippen LogP contribution >= 0.6 is 0 Å². The van der Waals surface area contributed by atoms with E-state index in [2.05, 4.69) is 0 Å². The molecule has 0 spiro atoms. The molecule has 2 atom stereocenters. The zero-order chi connectivity index (χ0) is 6.69. The van der Waals surface area contributed by atoms with Gasteiger partial charge >= 0.3 is 0 Å². The highest BCUT2D eigenvalue weighted by Gasteiger charge is 2.20. The minimum Gasteiger partial charge on any atom is -0.330 e. The first-order chi connectivity index (χ1) is 4.33. The lowest BCUT2D eigenvalue weighted by Gasteiger charge is -2.05. The molecule has 0 aromatic carbocycles. The first kappa shape index (κ1) is 7.03. The maximum absolute atomic E-state index is 5.71. The molecule has 4 N–H and O–H groups in total. The van der Waals surface area contributed by atoms with Gasteiger partial charge in [0, 0.05) is 6.04 Å². The summed E-state index contributed by atoms with van der Waals surface area (Å²) in [5, 5.41) is 0. The lowest BCUT2D eigenvalue weighted by atomic mass is 10.0. The Morgan fingerprint density at radius 2 is 2.11 bits per heavy atom. The average Bonchev–Trinajstić information content (AvgIpc) is 2.17. The van der Waals surface area contributed by atoms with Crippen LogP contribution in [0.2, 0.25) is 0 Å². The summed E-state index contributed by atoms with van der Waals surface area (Å²) < 4.78 is 0. The second-order valence-corrected chi connectivity index (χ2v) is 3.02. The fourth-order valence-electron chi connectivity index (χ4n) is 1.61. The Labute approximate surface area is 56.6 Å². The van der Waals surface area contributed by atoms with E-state index in [1.54, 1.807) is 0 Å². The largest absolute Gasteiger partial charge is 0.330 e. The summed E-state index contributed by atoms with van der Waals surface area (Å²) in [6, 6.07) is 0.474. The van der Waals surface area contributed by atoms with Crippen molar-refractivity contribution in [2.24, 2.45) is 17.4 Å². The van der Waals surface area contributed by atoms with Crippen LogP contribution < -0.4 is 11.5 Å². The fraction of sp³-hybridized carbons (Fsp3) is 1.00. The van der Waals surface area contributed by atoms with Crippen LogP contribution in [0.5, 0.6) is 0 Å². The minimum atomic E-state index is 0.474. The van der Waals surface area contributed by atoms with E-state index in [9.17, 15) is 0 Å². The number of hydrogen-bond acceptors (Lipinski definition) is 2. The summed E-state index contributed by atoms with van der Waals surface area (Å²) in [5.41, 5.74) is 11.1. The van der Waals surface area contributed by atoms with Crippen LogP contribution in [0, 0.1) is 5.92 Å². The van der Waals surface area contributed by atoms with Crippen LogP contribution in [0.4, 0.5) is 0 Å². The van der Waals surface area contributed by atoms with E-state index in [4.69, 9.17) is 11.5 Å². The highest BCUT2D eigenvalue weighted by Crippen LogP contribution is 2.25. The first-order valence-electron chi connectivity index (χ1n) is 3.78. The molecule has 54 valence electrons. The molecule has 0 aromatic heterocycles. The molecule has 2 unspecified atom stereocenters. The van der Waals surface area contributed by atoms with E-state index >= 15 is 0 Å². The lowest BCUT2D eigenvalue weighted by molar-refractivity contribution is 0.502. The Morgan fingerprint density at radius 1 is 1.33 bits per heavy atom. The van der Waals surface area contributed by atoms with Crippen molar-refractivity contribution >= 4 is 0 Å². The topological polar surface area (TPSA) is 52.0 Å². The van der Waals surface area contributed by atoms with Crippen molar-refractivity contribution in [2.75, 3.05) is 6.54 Å². The Hall–Kier alpha value is -0.0800. The second-order valence-electron chi connectivity index (χ2n) is 3.02. The molecule has 1 rings (SSSR count). The zero-order valence-corrected chi connectivity index (χ0v) is 5.84. The van der Waals surface area contributed by atoms with Crippen LogP contribution in [0.1, 0.15) is 25.7 Å². The highest BCUT2D eigenvalue weighted by molar-refractivity contribution is 4.77. The van der Waals surface area contributed by atoms with Gasteiger partial charge in [-0.25, -0.2) is 0 Å². The van der Waals surface area contributed by atoms with Gasteiger partial charge in [0.05, 0.1) is 0 Å². The summed E-state index contributed by atoms with van der Waals surface area (Å²) in [6.45, 7) is 0.831. The van der Waals surface area contributed by atoms with Gasteiger partial charge in [-0.15, -0.1) is 0 Å².